The highest BCUT2D eigenvalue weighted by molar-refractivity contribution is 5.94. The quantitative estimate of drug-likeness (QED) is 0.397. The predicted octanol–water partition coefficient (Wildman–Crippen LogP) is 4.35. The molecule has 2 aromatic rings. The van der Waals surface area contributed by atoms with Gasteiger partial charge in [0.25, 0.3) is 0 Å². The minimum Gasteiger partial charge on any atom is -0.493 e. The van der Waals surface area contributed by atoms with Crippen LogP contribution >= 0.6 is 0 Å². The zero-order valence-electron chi connectivity index (χ0n) is 18.7. The van der Waals surface area contributed by atoms with Crippen LogP contribution in [0.3, 0.4) is 0 Å². The first-order chi connectivity index (χ1) is 15.3. The summed E-state index contributed by atoms with van der Waals surface area (Å²) in [5, 5.41) is 0. The topological polar surface area (TPSA) is 80.3 Å². The Hall–Kier alpha value is -3.29. The molecule has 2 aromatic carbocycles. The van der Waals surface area contributed by atoms with Crippen molar-refractivity contribution in [2.24, 2.45) is 5.41 Å². The van der Waals surface area contributed by atoms with Crippen LogP contribution in [0.4, 0.5) is 4.39 Å². The molecule has 0 saturated carbocycles. The molecule has 0 spiro atoms. The standard InChI is InChI=1S/C24H27FO7/c1-24(2,23(27)30-11-5-10-25)14-32-20-17(8-9-19(28-3)21(20)29-4)15-6-7-18-16(12-15)13-31-22(18)26/h6-9,12H,5,10-11,13-14H2,1-4H3. The maximum Gasteiger partial charge on any atom is 0.338 e. The zero-order chi connectivity index (χ0) is 23.3. The number of alkyl halides is 1. The third kappa shape index (κ3) is 4.79. The number of hydrogen-bond donors (Lipinski definition) is 0. The maximum atomic E-state index is 12.4. The van der Waals surface area contributed by atoms with Gasteiger partial charge in [-0.3, -0.25) is 9.18 Å². The van der Waals surface area contributed by atoms with Gasteiger partial charge in [-0.1, -0.05) is 6.07 Å². The van der Waals surface area contributed by atoms with Crippen molar-refractivity contribution in [2.75, 3.05) is 34.1 Å². The summed E-state index contributed by atoms with van der Waals surface area (Å²) in [6, 6.07) is 8.96. The van der Waals surface area contributed by atoms with Crippen LogP contribution in [0.15, 0.2) is 30.3 Å². The number of carbonyl (C=O) groups is 2. The van der Waals surface area contributed by atoms with Crippen LogP contribution in [-0.4, -0.2) is 46.0 Å². The molecular formula is C24H27FO7. The highest BCUT2D eigenvalue weighted by atomic mass is 19.1. The lowest BCUT2D eigenvalue weighted by Crippen LogP contribution is -2.33. The molecule has 0 saturated heterocycles. The molecule has 1 heterocycles. The number of halogens is 1. The van der Waals surface area contributed by atoms with Gasteiger partial charge >= 0.3 is 11.9 Å². The molecule has 0 amide bonds. The number of fused-ring (bicyclic) bond motifs is 1. The molecule has 0 atom stereocenters. The Kier molecular flexibility index (Phi) is 7.22. The summed E-state index contributed by atoms with van der Waals surface area (Å²) >= 11 is 0. The molecule has 1 aliphatic rings. The number of esters is 2. The van der Waals surface area contributed by atoms with Gasteiger partial charge in [0.1, 0.15) is 13.2 Å². The molecule has 0 N–H and O–H groups in total. The van der Waals surface area contributed by atoms with Crippen molar-refractivity contribution in [3.63, 3.8) is 0 Å². The van der Waals surface area contributed by atoms with E-state index in [1.807, 2.05) is 12.1 Å². The van der Waals surface area contributed by atoms with E-state index in [0.29, 0.717) is 28.4 Å². The lowest BCUT2D eigenvalue weighted by molar-refractivity contribution is -0.155. The van der Waals surface area contributed by atoms with Gasteiger partial charge in [0.2, 0.25) is 5.75 Å². The summed E-state index contributed by atoms with van der Waals surface area (Å²) in [7, 11) is 3.02. The SMILES string of the molecule is COc1ccc(-c2ccc3c(c2)COC3=O)c(OCC(C)(C)C(=O)OCCCF)c1OC. The Labute approximate surface area is 186 Å². The minimum absolute atomic E-state index is 0.00940. The van der Waals surface area contributed by atoms with Crippen molar-refractivity contribution in [3.8, 4) is 28.4 Å². The highest BCUT2D eigenvalue weighted by Crippen LogP contribution is 2.45. The second-order valence-corrected chi connectivity index (χ2v) is 7.98. The van der Waals surface area contributed by atoms with Crippen molar-refractivity contribution >= 4 is 11.9 Å². The van der Waals surface area contributed by atoms with Crippen LogP contribution in [-0.2, 0) is 20.9 Å². The van der Waals surface area contributed by atoms with Crippen LogP contribution in [0.2, 0.25) is 0 Å². The molecule has 0 bridgehead atoms. The molecule has 32 heavy (non-hydrogen) atoms. The Morgan fingerprint density at radius 3 is 2.53 bits per heavy atom. The lowest BCUT2D eigenvalue weighted by atomic mass is 9.95. The van der Waals surface area contributed by atoms with E-state index in [4.69, 9.17) is 23.7 Å². The molecule has 172 valence electrons. The fraction of sp³-hybridized carbons (Fsp3) is 0.417. The van der Waals surface area contributed by atoms with Crippen molar-refractivity contribution in [1.82, 2.24) is 0 Å². The van der Waals surface area contributed by atoms with Crippen LogP contribution in [0.1, 0.15) is 36.2 Å². The maximum absolute atomic E-state index is 12.4. The Balaban J connectivity index is 1.93. The van der Waals surface area contributed by atoms with Gasteiger partial charge in [0.05, 0.1) is 38.5 Å². The average molecular weight is 446 g/mol. The van der Waals surface area contributed by atoms with E-state index in [1.54, 1.807) is 32.0 Å². The van der Waals surface area contributed by atoms with Crippen molar-refractivity contribution in [2.45, 2.75) is 26.9 Å². The second-order valence-electron chi connectivity index (χ2n) is 7.98. The van der Waals surface area contributed by atoms with E-state index in [0.717, 1.165) is 11.1 Å². The lowest BCUT2D eigenvalue weighted by Gasteiger charge is -2.25. The Bertz CT molecular complexity index is 1000. The molecule has 7 nitrogen and oxygen atoms in total. The number of ether oxygens (including phenoxy) is 5. The van der Waals surface area contributed by atoms with Gasteiger partial charge in [-0.2, -0.15) is 0 Å². The molecule has 3 rings (SSSR count). The zero-order valence-corrected chi connectivity index (χ0v) is 18.7. The van der Waals surface area contributed by atoms with E-state index in [-0.39, 0.29) is 32.2 Å². The first-order valence-corrected chi connectivity index (χ1v) is 10.2. The third-order valence-electron chi connectivity index (χ3n) is 5.14. The summed E-state index contributed by atoms with van der Waals surface area (Å²) in [5.41, 5.74) is 1.83. The Morgan fingerprint density at radius 2 is 1.84 bits per heavy atom. The van der Waals surface area contributed by atoms with Gasteiger partial charge in [-0.05, 0) is 43.7 Å². The highest BCUT2D eigenvalue weighted by Gasteiger charge is 2.32. The fourth-order valence-electron chi connectivity index (χ4n) is 3.30. The molecule has 0 aromatic heterocycles. The van der Waals surface area contributed by atoms with Crippen LogP contribution in [0.25, 0.3) is 11.1 Å². The number of cyclic esters (lactones) is 1. The summed E-state index contributed by atoms with van der Waals surface area (Å²) in [5.74, 6) is 0.404. The van der Waals surface area contributed by atoms with E-state index < -0.39 is 18.1 Å². The van der Waals surface area contributed by atoms with E-state index in [2.05, 4.69) is 0 Å². The van der Waals surface area contributed by atoms with E-state index in [1.165, 1.54) is 14.2 Å². The normalized spacial score (nSPS) is 12.7. The number of methoxy groups -OCH3 is 2. The average Bonchev–Trinajstić information content (AvgIpc) is 3.16. The summed E-state index contributed by atoms with van der Waals surface area (Å²) in [4.78, 5) is 24.2. The first kappa shape index (κ1) is 23.4. The Morgan fingerprint density at radius 1 is 1.09 bits per heavy atom. The fourth-order valence-corrected chi connectivity index (χ4v) is 3.30. The van der Waals surface area contributed by atoms with E-state index >= 15 is 0 Å². The van der Waals surface area contributed by atoms with Crippen molar-refractivity contribution in [1.29, 1.82) is 0 Å². The van der Waals surface area contributed by atoms with Crippen LogP contribution in [0.5, 0.6) is 17.2 Å². The largest absolute Gasteiger partial charge is 0.493 e. The molecule has 8 heteroatoms. The molecular weight excluding hydrogens is 419 g/mol. The second kappa shape index (κ2) is 9.89. The number of hydrogen-bond acceptors (Lipinski definition) is 7. The smallest absolute Gasteiger partial charge is 0.338 e. The molecule has 0 fully saturated rings. The van der Waals surface area contributed by atoms with Gasteiger partial charge in [0.15, 0.2) is 11.5 Å². The predicted molar refractivity (Wildman–Crippen MR) is 115 cm³/mol. The van der Waals surface area contributed by atoms with Gasteiger partial charge < -0.3 is 23.7 Å². The van der Waals surface area contributed by atoms with Gasteiger partial charge in [-0.15, -0.1) is 0 Å². The van der Waals surface area contributed by atoms with Gasteiger partial charge in [0, 0.05) is 17.5 Å². The minimum atomic E-state index is -0.986. The number of carbonyl (C=O) groups excluding carboxylic acids is 2. The number of benzene rings is 2. The molecule has 0 radical (unpaired) electrons. The summed E-state index contributed by atoms with van der Waals surface area (Å²) < 4.78 is 39.6. The first-order valence-electron chi connectivity index (χ1n) is 10.2. The molecule has 0 unspecified atom stereocenters. The monoisotopic (exact) mass is 446 g/mol. The van der Waals surface area contributed by atoms with E-state index in [9.17, 15) is 14.0 Å². The summed E-state index contributed by atoms with van der Waals surface area (Å²) in [6.45, 7) is 3.05. The molecule has 1 aliphatic heterocycles. The third-order valence-corrected chi connectivity index (χ3v) is 5.14. The summed E-state index contributed by atoms with van der Waals surface area (Å²) in [6.07, 6.45) is 0.154. The number of rotatable bonds is 10. The van der Waals surface area contributed by atoms with Crippen molar-refractivity contribution in [3.05, 3.63) is 41.5 Å². The van der Waals surface area contributed by atoms with Crippen LogP contribution < -0.4 is 14.2 Å². The molecule has 0 aliphatic carbocycles. The van der Waals surface area contributed by atoms with Crippen molar-refractivity contribution < 1.29 is 37.7 Å². The van der Waals surface area contributed by atoms with Gasteiger partial charge in [-0.25, -0.2) is 4.79 Å². The van der Waals surface area contributed by atoms with Crippen LogP contribution in [0, 0.1) is 5.41 Å².